The minimum Gasteiger partial charge on any atom is -0.378 e. The number of hydrogen-bond donors (Lipinski definition) is 0. The fraction of sp³-hybridized carbons (Fsp3) is 0.476. The Hall–Kier alpha value is -2.43. The number of carbonyl (C=O) groups is 1. The van der Waals surface area contributed by atoms with E-state index in [0.29, 0.717) is 49.3 Å². The predicted octanol–water partition coefficient (Wildman–Crippen LogP) is 3.26. The first kappa shape index (κ1) is 22.8. The van der Waals surface area contributed by atoms with Crippen LogP contribution in [0.3, 0.4) is 0 Å². The van der Waals surface area contributed by atoms with Crippen molar-refractivity contribution in [2.24, 2.45) is 0 Å². The highest BCUT2D eigenvalue weighted by molar-refractivity contribution is 6.34. The third-order valence-electron chi connectivity index (χ3n) is 5.27. The van der Waals surface area contributed by atoms with E-state index in [-0.39, 0.29) is 28.8 Å². The molecule has 0 saturated carbocycles. The summed E-state index contributed by atoms with van der Waals surface area (Å²) in [7, 11) is 3.82. The summed E-state index contributed by atoms with van der Waals surface area (Å²) in [5, 5.41) is 0.447. The third kappa shape index (κ3) is 4.82. The zero-order valence-electron chi connectivity index (χ0n) is 17.7. The van der Waals surface area contributed by atoms with Crippen molar-refractivity contribution < 1.29 is 22.7 Å². The molecule has 2 aromatic heterocycles. The quantitative estimate of drug-likeness (QED) is 0.537. The molecule has 1 aliphatic heterocycles. The lowest BCUT2D eigenvalue weighted by Gasteiger charge is -2.26. The fourth-order valence-corrected chi connectivity index (χ4v) is 4.26. The van der Waals surface area contributed by atoms with Crippen molar-refractivity contribution in [3.63, 3.8) is 0 Å². The van der Waals surface area contributed by atoms with E-state index in [9.17, 15) is 18.0 Å². The van der Waals surface area contributed by atoms with Gasteiger partial charge in [0.1, 0.15) is 23.4 Å². The van der Waals surface area contributed by atoms with Gasteiger partial charge in [0.2, 0.25) is 5.91 Å². The Labute approximate surface area is 187 Å². The number of hydrogen-bond acceptors (Lipinski definition) is 5. The lowest BCUT2D eigenvalue weighted by Crippen LogP contribution is -2.41. The molecule has 0 N–H and O–H groups in total. The van der Waals surface area contributed by atoms with Crippen LogP contribution in [0.2, 0.25) is 5.15 Å². The van der Waals surface area contributed by atoms with Gasteiger partial charge in [0.25, 0.3) is 0 Å². The zero-order chi connectivity index (χ0) is 23.0. The van der Waals surface area contributed by atoms with Gasteiger partial charge in [0.05, 0.1) is 25.2 Å². The lowest BCUT2D eigenvalue weighted by atomic mass is 10.1. The molecule has 4 rings (SSSR count). The van der Waals surface area contributed by atoms with E-state index < -0.39 is 12.7 Å². The third-order valence-corrected chi connectivity index (χ3v) is 5.54. The SMILES string of the molecule is CN(C)Cc1ccc2c(c1)c1nc(CC(=O)N3CCOCC3)nc(Cl)c1n2CC(F)(F)F. The van der Waals surface area contributed by atoms with Crippen molar-refractivity contribution in [2.75, 3.05) is 40.4 Å². The number of morpholine rings is 1. The maximum atomic E-state index is 13.3. The van der Waals surface area contributed by atoms with Crippen molar-refractivity contribution >= 4 is 39.4 Å². The molecule has 0 unspecified atom stereocenters. The monoisotopic (exact) mass is 469 g/mol. The summed E-state index contributed by atoms with van der Waals surface area (Å²) in [6, 6.07) is 5.26. The molecular formula is C21H23ClF3N5O2. The van der Waals surface area contributed by atoms with Crippen LogP contribution in [0.25, 0.3) is 21.9 Å². The first-order chi connectivity index (χ1) is 15.1. The van der Waals surface area contributed by atoms with E-state index in [1.165, 1.54) is 0 Å². The Kier molecular flexibility index (Phi) is 6.28. The van der Waals surface area contributed by atoms with Crippen molar-refractivity contribution in [1.29, 1.82) is 0 Å². The van der Waals surface area contributed by atoms with E-state index >= 15 is 0 Å². The highest BCUT2D eigenvalue weighted by atomic mass is 35.5. The van der Waals surface area contributed by atoms with Gasteiger partial charge in [0.15, 0.2) is 5.15 Å². The number of benzene rings is 1. The molecule has 1 amide bonds. The summed E-state index contributed by atoms with van der Waals surface area (Å²) in [5.74, 6) is 0.0131. The van der Waals surface area contributed by atoms with E-state index in [0.717, 1.165) is 10.1 Å². The van der Waals surface area contributed by atoms with E-state index in [4.69, 9.17) is 16.3 Å². The summed E-state index contributed by atoms with van der Waals surface area (Å²) in [5.41, 5.74) is 1.72. The Morgan fingerprint density at radius 3 is 2.59 bits per heavy atom. The maximum Gasteiger partial charge on any atom is 0.406 e. The lowest BCUT2D eigenvalue weighted by molar-refractivity contribution is -0.139. The van der Waals surface area contributed by atoms with Crippen molar-refractivity contribution in [3.05, 3.63) is 34.7 Å². The van der Waals surface area contributed by atoms with Crippen LogP contribution < -0.4 is 0 Å². The molecule has 0 bridgehead atoms. The summed E-state index contributed by atoms with van der Waals surface area (Å²) >= 11 is 6.37. The number of fused-ring (bicyclic) bond motifs is 3. The average molecular weight is 470 g/mol. The summed E-state index contributed by atoms with van der Waals surface area (Å²) in [6.45, 7) is 1.29. The summed E-state index contributed by atoms with van der Waals surface area (Å²) in [4.78, 5) is 24.9. The Morgan fingerprint density at radius 1 is 1.22 bits per heavy atom. The fourth-order valence-electron chi connectivity index (χ4n) is 3.97. The summed E-state index contributed by atoms with van der Waals surface area (Å²) < 4.78 is 46.4. The van der Waals surface area contributed by atoms with Gasteiger partial charge in [-0.1, -0.05) is 17.7 Å². The second-order valence-electron chi connectivity index (χ2n) is 8.09. The Balaban J connectivity index is 1.82. The molecule has 0 spiro atoms. The number of halogens is 4. The molecule has 32 heavy (non-hydrogen) atoms. The molecule has 1 fully saturated rings. The highest BCUT2D eigenvalue weighted by Gasteiger charge is 2.31. The molecular weight excluding hydrogens is 447 g/mol. The van der Waals surface area contributed by atoms with Gasteiger partial charge in [-0.15, -0.1) is 0 Å². The van der Waals surface area contributed by atoms with Gasteiger partial charge < -0.3 is 19.1 Å². The smallest absolute Gasteiger partial charge is 0.378 e. The van der Waals surface area contributed by atoms with Gasteiger partial charge in [-0.25, -0.2) is 9.97 Å². The number of amides is 1. The number of rotatable bonds is 5. The predicted molar refractivity (Wildman–Crippen MR) is 115 cm³/mol. The van der Waals surface area contributed by atoms with Crippen LogP contribution in [0.15, 0.2) is 18.2 Å². The minimum absolute atomic E-state index is 0.0843. The first-order valence-corrected chi connectivity index (χ1v) is 10.5. The van der Waals surface area contributed by atoms with Crippen molar-refractivity contribution in [1.82, 2.24) is 24.3 Å². The molecule has 1 saturated heterocycles. The van der Waals surface area contributed by atoms with Crippen LogP contribution in [0.1, 0.15) is 11.4 Å². The second-order valence-corrected chi connectivity index (χ2v) is 8.45. The largest absolute Gasteiger partial charge is 0.406 e. The van der Waals surface area contributed by atoms with Crippen LogP contribution >= 0.6 is 11.6 Å². The van der Waals surface area contributed by atoms with Crippen LogP contribution in [-0.2, 0) is 29.0 Å². The second kappa shape index (κ2) is 8.84. The standard InChI is InChI=1S/C21H23ClF3N5O2/c1-28(2)11-13-3-4-15-14(9-13)18-19(30(15)12-21(23,24)25)20(22)27-16(26-18)10-17(31)29-5-7-32-8-6-29/h3-4,9H,5-8,10-12H2,1-2H3. The van der Waals surface area contributed by atoms with Crippen molar-refractivity contribution in [3.8, 4) is 0 Å². The van der Waals surface area contributed by atoms with E-state index in [2.05, 4.69) is 9.97 Å². The van der Waals surface area contributed by atoms with Crippen LogP contribution in [0.4, 0.5) is 13.2 Å². The molecule has 0 aliphatic carbocycles. The number of ether oxygens (including phenoxy) is 1. The molecule has 3 heterocycles. The van der Waals surface area contributed by atoms with Gasteiger partial charge in [0, 0.05) is 25.0 Å². The Morgan fingerprint density at radius 2 is 1.94 bits per heavy atom. The van der Waals surface area contributed by atoms with Gasteiger partial charge in [-0.2, -0.15) is 13.2 Å². The molecule has 172 valence electrons. The number of alkyl halides is 3. The number of carbonyl (C=O) groups excluding carboxylic acids is 1. The van der Waals surface area contributed by atoms with Gasteiger partial charge in [-0.05, 0) is 31.8 Å². The Bertz CT molecular complexity index is 1160. The highest BCUT2D eigenvalue weighted by Crippen LogP contribution is 2.34. The molecule has 0 radical (unpaired) electrons. The van der Waals surface area contributed by atoms with Crippen LogP contribution in [0, 0.1) is 0 Å². The van der Waals surface area contributed by atoms with Gasteiger partial charge >= 0.3 is 6.18 Å². The molecule has 3 aromatic rings. The van der Waals surface area contributed by atoms with Gasteiger partial charge in [-0.3, -0.25) is 4.79 Å². The molecule has 0 atom stereocenters. The van der Waals surface area contributed by atoms with E-state index in [1.54, 1.807) is 17.0 Å². The van der Waals surface area contributed by atoms with Crippen LogP contribution in [0.5, 0.6) is 0 Å². The van der Waals surface area contributed by atoms with Crippen molar-refractivity contribution in [2.45, 2.75) is 25.7 Å². The van der Waals surface area contributed by atoms with Crippen LogP contribution in [-0.4, -0.2) is 76.8 Å². The topological polar surface area (TPSA) is 63.5 Å². The molecule has 7 nitrogen and oxygen atoms in total. The molecule has 1 aliphatic rings. The first-order valence-electron chi connectivity index (χ1n) is 10.2. The number of aromatic nitrogens is 3. The maximum absolute atomic E-state index is 13.3. The normalized spacial score (nSPS) is 15.3. The molecule has 1 aromatic carbocycles. The molecule has 11 heteroatoms. The minimum atomic E-state index is -4.45. The number of nitrogens with zero attached hydrogens (tertiary/aromatic N) is 5. The average Bonchev–Trinajstić information content (AvgIpc) is 3.00. The summed E-state index contributed by atoms with van der Waals surface area (Å²) in [6.07, 6.45) is -4.53. The zero-order valence-corrected chi connectivity index (χ0v) is 18.5. The van der Waals surface area contributed by atoms with E-state index in [1.807, 2.05) is 25.1 Å².